The molecule has 0 amide bonds. The molecule has 1 rings (SSSR count). The molecule has 1 heterocycles. The normalized spacial score (nSPS) is 11.6. The largest absolute Gasteiger partial charge is 0.461 e. The lowest BCUT2D eigenvalue weighted by molar-refractivity contribution is 0.265. The van der Waals surface area contributed by atoms with Crippen molar-refractivity contribution in [3.05, 3.63) is 11.9 Å². The molecule has 1 aromatic rings. The lowest BCUT2D eigenvalue weighted by atomic mass is 10.3. The fourth-order valence-corrected chi connectivity index (χ4v) is 1.10. The summed E-state index contributed by atoms with van der Waals surface area (Å²) in [6.45, 7) is 6.51. The van der Waals surface area contributed by atoms with Gasteiger partial charge in [-0.15, -0.1) is 6.42 Å². The zero-order valence-corrected chi connectivity index (χ0v) is 9.24. The number of hydrogen-bond acceptors (Lipinski definition) is 4. The Morgan fingerprint density at radius 3 is 2.93 bits per heavy atom. The molecule has 0 aliphatic rings. The maximum Gasteiger partial charge on any atom is 0.222 e. The second-order valence-electron chi connectivity index (χ2n) is 3.11. The summed E-state index contributed by atoms with van der Waals surface area (Å²) < 4.78 is 5.45. The van der Waals surface area contributed by atoms with Crippen molar-refractivity contribution in [3.63, 3.8) is 0 Å². The molecule has 1 atom stereocenters. The molecule has 4 nitrogen and oxygen atoms in total. The summed E-state index contributed by atoms with van der Waals surface area (Å²) in [6, 6.07) is 0. The first-order valence-corrected chi connectivity index (χ1v) is 4.87. The van der Waals surface area contributed by atoms with Crippen LogP contribution in [0.15, 0.2) is 6.33 Å². The van der Waals surface area contributed by atoms with Crippen LogP contribution >= 0.6 is 0 Å². The van der Waals surface area contributed by atoms with Crippen LogP contribution in [0.1, 0.15) is 19.4 Å². The van der Waals surface area contributed by atoms with Crippen molar-refractivity contribution >= 4 is 5.82 Å². The predicted octanol–water partition coefficient (Wildman–Crippen LogP) is 1.62. The van der Waals surface area contributed by atoms with Gasteiger partial charge in [0.1, 0.15) is 12.1 Å². The monoisotopic (exact) mass is 205 g/mol. The molecule has 1 unspecified atom stereocenters. The Hall–Kier alpha value is -1.76. The van der Waals surface area contributed by atoms with E-state index in [0.29, 0.717) is 5.88 Å². The smallest absolute Gasteiger partial charge is 0.222 e. The fourth-order valence-electron chi connectivity index (χ4n) is 1.10. The zero-order chi connectivity index (χ0) is 11.3. The molecule has 0 bridgehead atoms. The van der Waals surface area contributed by atoms with E-state index in [1.807, 2.05) is 13.8 Å². The minimum absolute atomic E-state index is 0.284. The number of aromatic nitrogens is 2. The minimum Gasteiger partial charge on any atom is -0.461 e. The van der Waals surface area contributed by atoms with Gasteiger partial charge in [-0.2, -0.15) is 0 Å². The van der Waals surface area contributed by atoms with Crippen LogP contribution < -0.4 is 10.1 Å². The van der Waals surface area contributed by atoms with Gasteiger partial charge < -0.3 is 10.1 Å². The lowest BCUT2D eigenvalue weighted by Crippen LogP contribution is -2.12. The lowest BCUT2D eigenvalue weighted by Gasteiger charge is -2.12. The van der Waals surface area contributed by atoms with Gasteiger partial charge >= 0.3 is 0 Å². The Kier molecular flexibility index (Phi) is 3.92. The number of nitrogens with one attached hydrogen (secondary N) is 1. The minimum atomic E-state index is -0.284. The first kappa shape index (κ1) is 11.3. The molecule has 0 aromatic carbocycles. The molecule has 0 radical (unpaired) electrons. The van der Waals surface area contributed by atoms with Gasteiger partial charge in [0.2, 0.25) is 5.88 Å². The first-order valence-electron chi connectivity index (χ1n) is 4.87. The van der Waals surface area contributed by atoms with Gasteiger partial charge in [-0.05, 0) is 20.8 Å². The average molecular weight is 205 g/mol. The summed E-state index contributed by atoms with van der Waals surface area (Å²) >= 11 is 0. The number of nitrogens with zero attached hydrogens (tertiary/aromatic N) is 2. The summed E-state index contributed by atoms with van der Waals surface area (Å²) in [7, 11) is 0. The molecule has 0 aliphatic carbocycles. The van der Waals surface area contributed by atoms with Crippen molar-refractivity contribution in [1.29, 1.82) is 0 Å². The fraction of sp³-hybridized carbons (Fsp3) is 0.455. The quantitative estimate of drug-likeness (QED) is 0.759. The summed E-state index contributed by atoms with van der Waals surface area (Å²) in [5.41, 5.74) is 0.876. The third kappa shape index (κ3) is 2.84. The van der Waals surface area contributed by atoms with E-state index in [1.165, 1.54) is 6.33 Å². The molecule has 4 heteroatoms. The second kappa shape index (κ2) is 5.20. The molecular weight excluding hydrogens is 190 g/mol. The summed E-state index contributed by atoms with van der Waals surface area (Å²) in [5.74, 6) is 3.81. The van der Waals surface area contributed by atoms with Crippen molar-refractivity contribution in [2.75, 3.05) is 11.9 Å². The van der Waals surface area contributed by atoms with E-state index in [1.54, 1.807) is 6.92 Å². The van der Waals surface area contributed by atoms with E-state index in [0.717, 1.165) is 17.9 Å². The SMILES string of the molecule is C#CC(C)Oc1ncnc(NCC)c1C. The Morgan fingerprint density at radius 2 is 2.33 bits per heavy atom. The van der Waals surface area contributed by atoms with Crippen molar-refractivity contribution in [2.45, 2.75) is 26.9 Å². The van der Waals surface area contributed by atoms with Crippen LogP contribution in [0.5, 0.6) is 5.88 Å². The Balaban J connectivity index is 2.90. The van der Waals surface area contributed by atoms with Crippen LogP contribution in [0.3, 0.4) is 0 Å². The van der Waals surface area contributed by atoms with Crippen LogP contribution in [0.4, 0.5) is 5.82 Å². The summed E-state index contributed by atoms with van der Waals surface area (Å²) in [4.78, 5) is 8.15. The summed E-state index contributed by atoms with van der Waals surface area (Å²) in [5, 5.41) is 3.12. The molecule has 0 saturated carbocycles. The van der Waals surface area contributed by atoms with Gasteiger partial charge in [0.25, 0.3) is 0 Å². The standard InChI is InChI=1S/C11H15N3O/c1-5-8(3)15-11-9(4)10(12-6-2)13-7-14-11/h1,7-8H,6H2,2-4H3,(H,12,13,14). The first-order chi connectivity index (χ1) is 7.19. The van der Waals surface area contributed by atoms with Crippen LogP contribution in [-0.2, 0) is 0 Å². The molecule has 0 fully saturated rings. The van der Waals surface area contributed by atoms with Gasteiger partial charge in [-0.1, -0.05) is 5.92 Å². The van der Waals surface area contributed by atoms with E-state index in [-0.39, 0.29) is 6.10 Å². The zero-order valence-electron chi connectivity index (χ0n) is 9.24. The molecule has 0 spiro atoms. The second-order valence-corrected chi connectivity index (χ2v) is 3.11. The van der Waals surface area contributed by atoms with Crippen molar-refractivity contribution < 1.29 is 4.74 Å². The molecule has 15 heavy (non-hydrogen) atoms. The number of anilines is 1. The van der Waals surface area contributed by atoms with Crippen LogP contribution in [0, 0.1) is 19.3 Å². The molecule has 0 saturated heterocycles. The van der Waals surface area contributed by atoms with Crippen LogP contribution in [0.25, 0.3) is 0 Å². The van der Waals surface area contributed by atoms with Gasteiger partial charge in [0.05, 0.1) is 5.56 Å². The average Bonchev–Trinajstić information content (AvgIpc) is 2.24. The Morgan fingerprint density at radius 1 is 1.60 bits per heavy atom. The molecule has 1 aromatic heterocycles. The van der Waals surface area contributed by atoms with E-state index in [2.05, 4.69) is 21.2 Å². The topological polar surface area (TPSA) is 47.0 Å². The highest BCUT2D eigenvalue weighted by Gasteiger charge is 2.09. The van der Waals surface area contributed by atoms with E-state index in [4.69, 9.17) is 11.2 Å². The van der Waals surface area contributed by atoms with E-state index < -0.39 is 0 Å². The van der Waals surface area contributed by atoms with Crippen molar-refractivity contribution in [1.82, 2.24) is 9.97 Å². The van der Waals surface area contributed by atoms with Gasteiger partial charge in [0, 0.05) is 6.54 Å². The Bertz CT molecular complexity index is 371. The van der Waals surface area contributed by atoms with Crippen LogP contribution in [0.2, 0.25) is 0 Å². The van der Waals surface area contributed by atoms with Crippen LogP contribution in [-0.4, -0.2) is 22.6 Å². The van der Waals surface area contributed by atoms with Gasteiger partial charge in [-0.3, -0.25) is 0 Å². The molecule has 1 N–H and O–H groups in total. The van der Waals surface area contributed by atoms with Gasteiger partial charge in [0.15, 0.2) is 6.10 Å². The van der Waals surface area contributed by atoms with Crippen molar-refractivity contribution in [3.8, 4) is 18.2 Å². The highest BCUT2D eigenvalue weighted by Crippen LogP contribution is 2.20. The highest BCUT2D eigenvalue weighted by molar-refractivity contribution is 5.47. The maximum absolute atomic E-state index is 5.45. The van der Waals surface area contributed by atoms with Crippen molar-refractivity contribution in [2.24, 2.45) is 0 Å². The molecule has 0 aliphatic heterocycles. The van der Waals surface area contributed by atoms with E-state index >= 15 is 0 Å². The number of terminal acetylenes is 1. The predicted molar refractivity (Wildman–Crippen MR) is 59.9 cm³/mol. The Labute approximate surface area is 90.1 Å². The highest BCUT2D eigenvalue weighted by atomic mass is 16.5. The molecular formula is C11H15N3O. The number of hydrogen-bond donors (Lipinski definition) is 1. The summed E-state index contributed by atoms with van der Waals surface area (Å²) in [6.07, 6.45) is 6.41. The maximum atomic E-state index is 5.45. The third-order valence-corrected chi connectivity index (χ3v) is 1.91. The third-order valence-electron chi connectivity index (χ3n) is 1.91. The number of rotatable bonds is 4. The molecule has 80 valence electrons. The number of ether oxygens (including phenoxy) is 1. The van der Waals surface area contributed by atoms with Gasteiger partial charge in [-0.25, -0.2) is 9.97 Å². The van der Waals surface area contributed by atoms with E-state index in [9.17, 15) is 0 Å².